The van der Waals surface area contributed by atoms with Gasteiger partial charge in [0, 0.05) is 6.21 Å². The van der Waals surface area contributed by atoms with Crippen molar-refractivity contribution in [1.29, 1.82) is 0 Å². The number of hydrogen-bond donors (Lipinski definition) is 0. The van der Waals surface area contributed by atoms with Crippen LogP contribution in [0, 0.1) is 20.8 Å². The van der Waals surface area contributed by atoms with Crippen LogP contribution in [-0.2, 0) is 16.3 Å². The third-order valence-electron chi connectivity index (χ3n) is 4.48. The van der Waals surface area contributed by atoms with Crippen LogP contribution in [0.15, 0.2) is 70.6 Å². The van der Waals surface area contributed by atoms with Crippen molar-refractivity contribution < 1.29 is 25.8 Å². The maximum Gasteiger partial charge on any atom is 0.416 e. The molecule has 3 rings (SSSR count). The number of halogens is 3. The van der Waals surface area contributed by atoms with Crippen molar-refractivity contribution in [2.75, 3.05) is 0 Å². The van der Waals surface area contributed by atoms with Gasteiger partial charge < -0.3 is 4.18 Å². The van der Waals surface area contributed by atoms with E-state index >= 15 is 0 Å². The van der Waals surface area contributed by atoms with E-state index < -0.39 is 21.9 Å². The fourth-order valence-electron chi connectivity index (χ4n) is 3.25. The first-order chi connectivity index (χ1) is 14.5. The van der Waals surface area contributed by atoms with Crippen LogP contribution in [0.1, 0.15) is 27.8 Å². The highest BCUT2D eigenvalue weighted by Crippen LogP contribution is 2.31. The minimum atomic E-state index is -4.44. The summed E-state index contributed by atoms with van der Waals surface area (Å²) >= 11 is 0. The van der Waals surface area contributed by atoms with Gasteiger partial charge in [0.15, 0.2) is 0 Å². The number of nitrogens with zero attached hydrogens (tertiary/aromatic N) is 1. The largest absolute Gasteiger partial charge is 0.416 e. The first-order valence-corrected chi connectivity index (χ1v) is 10.7. The summed E-state index contributed by atoms with van der Waals surface area (Å²) in [6, 6.07) is 14.3. The number of aryl methyl sites for hydroxylation is 3. The molecule has 0 radical (unpaired) electrons. The van der Waals surface area contributed by atoms with Gasteiger partial charge in [-0.3, -0.25) is 4.99 Å². The molecular formula is C23H20F3NO3S. The Bertz CT molecular complexity index is 1210. The van der Waals surface area contributed by atoms with Crippen molar-refractivity contribution in [3.63, 3.8) is 0 Å². The van der Waals surface area contributed by atoms with Gasteiger partial charge in [0.2, 0.25) is 0 Å². The van der Waals surface area contributed by atoms with Crippen molar-refractivity contribution in [2.24, 2.45) is 4.99 Å². The molecule has 31 heavy (non-hydrogen) atoms. The van der Waals surface area contributed by atoms with Gasteiger partial charge in [0.25, 0.3) is 0 Å². The molecule has 0 unspecified atom stereocenters. The maximum atomic E-state index is 12.8. The fourth-order valence-corrected chi connectivity index (χ4v) is 4.60. The molecule has 0 aromatic heterocycles. The molecule has 0 amide bonds. The Morgan fingerprint density at radius 1 is 0.903 bits per heavy atom. The number of benzene rings is 3. The van der Waals surface area contributed by atoms with Crippen LogP contribution in [0.25, 0.3) is 0 Å². The molecule has 0 spiro atoms. The first kappa shape index (κ1) is 22.6. The van der Waals surface area contributed by atoms with Crippen LogP contribution >= 0.6 is 0 Å². The Morgan fingerprint density at radius 3 is 2.10 bits per heavy atom. The van der Waals surface area contributed by atoms with Crippen LogP contribution in [-0.4, -0.2) is 14.6 Å². The average molecular weight is 447 g/mol. The Kier molecular flexibility index (Phi) is 6.22. The standard InChI is InChI=1S/C23H20F3NO3S/c1-15-11-16(2)22(17(3)12-15)31(28,29)30-21-9-7-18(8-10-21)14-27-20-6-4-5-19(13-20)23(24,25)26/h4-14H,1-3H3. The fraction of sp³-hybridized carbons (Fsp3) is 0.174. The number of aliphatic imine (C=N–C) groups is 1. The Morgan fingerprint density at radius 2 is 1.52 bits per heavy atom. The first-order valence-electron chi connectivity index (χ1n) is 9.29. The smallest absolute Gasteiger partial charge is 0.379 e. The van der Waals surface area contributed by atoms with Crippen molar-refractivity contribution in [1.82, 2.24) is 0 Å². The predicted molar refractivity (Wildman–Crippen MR) is 114 cm³/mol. The van der Waals surface area contributed by atoms with Gasteiger partial charge >= 0.3 is 16.3 Å². The topological polar surface area (TPSA) is 55.7 Å². The lowest BCUT2D eigenvalue weighted by Gasteiger charge is -2.13. The average Bonchev–Trinajstić information content (AvgIpc) is 2.65. The summed E-state index contributed by atoms with van der Waals surface area (Å²) in [6.45, 7) is 5.31. The van der Waals surface area contributed by atoms with Crippen molar-refractivity contribution in [3.8, 4) is 5.75 Å². The molecule has 3 aromatic carbocycles. The van der Waals surface area contributed by atoms with E-state index in [1.54, 1.807) is 38.1 Å². The van der Waals surface area contributed by atoms with E-state index in [0.717, 1.165) is 17.7 Å². The van der Waals surface area contributed by atoms with Crippen molar-refractivity contribution >= 4 is 22.0 Å². The van der Waals surface area contributed by atoms with E-state index in [1.807, 2.05) is 6.92 Å². The lowest BCUT2D eigenvalue weighted by atomic mass is 10.1. The summed E-state index contributed by atoms with van der Waals surface area (Å²) in [5, 5.41) is 0. The molecule has 162 valence electrons. The van der Waals surface area contributed by atoms with Gasteiger partial charge in [-0.15, -0.1) is 0 Å². The van der Waals surface area contributed by atoms with Gasteiger partial charge in [-0.05, 0) is 79.9 Å². The summed E-state index contributed by atoms with van der Waals surface area (Å²) in [7, 11) is -4.02. The Balaban J connectivity index is 1.77. The van der Waals surface area contributed by atoms with Gasteiger partial charge in [-0.25, -0.2) is 0 Å². The lowest BCUT2D eigenvalue weighted by molar-refractivity contribution is -0.137. The monoisotopic (exact) mass is 447 g/mol. The Labute approximate surface area is 179 Å². The maximum absolute atomic E-state index is 12.8. The van der Waals surface area contributed by atoms with E-state index in [4.69, 9.17) is 4.18 Å². The molecule has 3 aromatic rings. The van der Waals surface area contributed by atoms with Crippen LogP contribution in [0.5, 0.6) is 5.75 Å². The van der Waals surface area contributed by atoms with Gasteiger partial charge in [0.1, 0.15) is 10.6 Å². The van der Waals surface area contributed by atoms with E-state index in [-0.39, 0.29) is 16.3 Å². The molecule has 0 saturated heterocycles. The van der Waals surface area contributed by atoms with Crippen LogP contribution < -0.4 is 4.18 Å². The number of rotatable bonds is 5. The van der Waals surface area contributed by atoms with Crippen molar-refractivity contribution in [3.05, 3.63) is 88.5 Å². The van der Waals surface area contributed by atoms with Crippen LogP contribution in [0.4, 0.5) is 18.9 Å². The molecule has 0 heterocycles. The Hall–Kier alpha value is -3.13. The molecule has 0 aliphatic heterocycles. The minimum Gasteiger partial charge on any atom is -0.379 e. The molecule has 0 aliphatic rings. The van der Waals surface area contributed by atoms with Gasteiger partial charge in [-0.1, -0.05) is 23.8 Å². The summed E-state index contributed by atoms with van der Waals surface area (Å²) in [5.74, 6) is 0.121. The second-order valence-electron chi connectivity index (χ2n) is 7.14. The second-order valence-corrected chi connectivity index (χ2v) is 8.62. The SMILES string of the molecule is Cc1cc(C)c(S(=O)(=O)Oc2ccc(C=Nc3cccc(C(F)(F)F)c3)cc2)c(C)c1. The highest BCUT2D eigenvalue weighted by Gasteiger charge is 2.30. The molecule has 0 saturated carbocycles. The molecule has 0 atom stereocenters. The molecule has 0 bridgehead atoms. The lowest BCUT2D eigenvalue weighted by Crippen LogP contribution is -2.13. The van der Waals surface area contributed by atoms with Crippen LogP contribution in [0.3, 0.4) is 0 Å². The summed E-state index contributed by atoms with van der Waals surface area (Å²) in [4.78, 5) is 4.18. The summed E-state index contributed by atoms with van der Waals surface area (Å²) in [5.41, 5.74) is 2.11. The van der Waals surface area contributed by atoms with Gasteiger partial charge in [0.05, 0.1) is 11.3 Å². The third-order valence-corrected chi connectivity index (χ3v) is 6.03. The molecular weight excluding hydrogens is 427 g/mol. The van der Waals surface area contributed by atoms with Crippen LogP contribution in [0.2, 0.25) is 0 Å². The van der Waals surface area contributed by atoms with E-state index in [2.05, 4.69) is 4.99 Å². The summed E-state index contributed by atoms with van der Waals surface area (Å²) in [6.07, 6.45) is -3.05. The molecule has 8 heteroatoms. The zero-order chi connectivity index (χ0) is 22.8. The van der Waals surface area contributed by atoms with Crippen molar-refractivity contribution in [2.45, 2.75) is 31.8 Å². The van der Waals surface area contributed by atoms with Gasteiger partial charge in [-0.2, -0.15) is 21.6 Å². The molecule has 0 aliphatic carbocycles. The summed E-state index contributed by atoms with van der Waals surface area (Å²) < 4.78 is 69.1. The molecule has 0 fully saturated rings. The quantitative estimate of drug-likeness (QED) is 0.348. The van der Waals surface area contributed by atoms with E-state index in [0.29, 0.717) is 16.7 Å². The number of alkyl halides is 3. The second kappa shape index (κ2) is 8.55. The highest BCUT2D eigenvalue weighted by molar-refractivity contribution is 7.87. The predicted octanol–water partition coefficient (Wildman–Crippen LogP) is 6.15. The normalized spacial score (nSPS) is 12.3. The number of hydrogen-bond acceptors (Lipinski definition) is 4. The zero-order valence-corrected chi connectivity index (χ0v) is 17.9. The third kappa shape index (κ3) is 5.52. The zero-order valence-electron chi connectivity index (χ0n) is 17.1. The highest BCUT2D eigenvalue weighted by atomic mass is 32.2. The van der Waals surface area contributed by atoms with E-state index in [1.165, 1.54) is 30.5 Å². The van der Waals surface area contributed by atoms with E-state index in [9.17, 15) is 21.6 Å². The molecule has 0 N–H and O–H groups in total. The minimum absolute atomic E-state index is 0.121. The molecule has 4 nitrogen and oxygen atoms in total.